The van der Waals surface area contributed by atoms with Crippen LogP contribution in [-0.4, -0.2) is 9.38 Å². The second-order valence-corrected chi connectivity index (χ2v) is 3.31. The smallest absolute Gasteiger partial charge is 0.139 e. The topological polar surface area (TPSA) is 17.3 Å². The van der Waals surface area contributed by atoms with Gasteiger partial charge in [-0.3, -0.25) is 0 Å². The van der Waals surface area contributed by atoms with E-state index in [1.807, 2.05) is 20.8 Å². The lowest BCUT2D eigenvalue weighted by molar-refractivity contribution is 1.13. The molecule has 0 bridgehead atoms. The Morgan fingerprint density at radius 2 is 1.71 bits per heavy atom. The van der Waals surface area contributed by atoms with E-state index in [1.54, 1.807) is 0 Å². The van der Waals surface area contributed by atoms with Crippen LogP contribution in [0.2, 0.25) is 0 Å². The molecule has 76 valence electrons. The standard InChI is InChI=1S/C10H12N2.C2H6/c1-7-4-8(2)10-11-9(3)6-12(10)5-7;1-2/h4-6H,1-3H3;1-2H3. The van der Waals surface area contributed by atoms with Crippen LogP contribution in [0.25, 0.3) is 5.65 Å². The molecule has 0 aliphatic rings. The van der Waals surface area contributed by atoms with Gasteiger partial charge in [0.05, 0.1) is 5.69 Å². The van der Waals surface area contributed by atoms with E-state index < -0.39 is 0 Å². The first-order valence-electron chi connectivity index (χ1n) is 5.09. The molecule has 2 rings (SSSR count). The van der Waals surface area contributed by atoms with Crippen LogP contribution in [0.4, 0.5) is 0 Å². The number of rotatable bonds is 0. The van der Waals surface area contributed by atoms with E-state index in [4.69, 9.17) is 0 Å². The predicted octanol–water partition coefficient (Wildman–Crippen LogP) is 3.29. The Kier molecular flexibility index (Phi) is 3.28. The molecule has 0 radical (unpaired) electrons. The molecule has 0 aliphatic carbocycles. The fourth-order valence-electron chi connectivity index (χ4n) is 1.57. The number of nitrogens with zero attached hydrogens (tertiary/aromatic N) is 2. The maximum absolute atomic E-state index is 4.42. The van der Waals surface area contributed by atoms with Gasteiger partial charge in [0.2, 0.25) is 0 Å². The number of aryl methyl sites for hydroxylation is 3. The maximum Gasteiger partial charge on any atom is 0.139 e. The number of fused-ring (bicyclic) bond motifs is 1. The summed E-state index contributed by atoms with van der Waals surface area (Å²) in [4.78, 5) is 4.42. The van der Waals surface area contributed by atoms with Crippen molar-refractivity contribution in [1.82, 2.24) is 9.38 Å². The Balaban J connectivity index is 0.000000461. The lowest BCUT2D eigenvalue weighted by Gasteiger charge is -1.98. The molecule has 0 aliphatic heterocycles. The quantitative estimate of drug-likeness (QED) is 0.623. The van der Waals surface area contributed by atoms with Crippen molar-refractivity contribution in [3.63, 3.8) is 0 Å². The average molecular weight is 190 g/mol. The third-order valence-electron chi connectivity index (χ3n) is 1.99. The minimum Gasteiger partial charge on any atom is -0.306 e. The van der Waals surface area contributed by atoms with Gasteiger partial charge in [0.25, 0.3) is 0 Å². The number of hydrogen-bond donors (Lipinski definition) is 0. The van der Waals surface area contributed by atoms with Crippen LogP contribution < -0.4 is 0 Å². The molecule has 2 heterocycles. The summed E-state index contributed by atoms with van der Waals surface area (Å²) in [6, 6.07) is 2.15. The highest BCUT2D eigenvalue weighted by atomic mass is 15.0. The SMILES string of the molecule is CC.Cc1cc(C)c2nc(C)cn2c1. The molecule has 0 unspecified atom stereocenters. The highest BCUT2D eigenvalue weighted by molar-refractivity contribution is 5.49. The van der Waals surface area contributed by atoms with E-state index in [9.17, 15) is 0 Å². The van der Waals surface area contributed by atoms with E-state index in [0.717, 1.165) is 11.3 Å². The number of aromatic nitrogens is 2. The van der Waals surface area contributed by atoms with Crippen molar-refractivity contribution in [3.8, 4) is 0 Å². The fourth-order valence-corrected chi connectivity index (χ4v) is 1.57. The van der Waals surface area contributed by atoms with E-state index in [-0.39, 0.29) is 0 Å². The van der Waals surface area contributed by atoms with Gasteiger partial charge in [0, 0.05) is 12.4 Å². The van der Waals surface area contributed by atoms with Gasteiger partial charge in [0.1, 0.15) is 5.65 Å². The molecule has 2 aromatic heterocycles. The van der Waals surface area contributed by atoms with Gasteiger partial charge in [0.15, 0.2) is 0 Å². The minimum atomic E-state index is 1.07. The first-order valence-corrected chi connectivity index (χ1v) is 5.09. The Bertz CT molecular complexity index is 427. The van der Waals surface area contributed by atoms with Crippen molar-refractivity contribution in [2.24, 2.45) is 0 Å². The summed E-state index contributed by atoms with van der Waals surface area (Å²) in [5.74, 6) is 0. The zero-order chi connectivity index (χ0) is 10.7. The summed E-state index contributed by atoms with van der Waals surface area (Å²) < 4.78 is 2.08. The van der Waals surface area contributed by atoms with Gasteiger partial charge < -0.3 is 4.40 Å². The highest BCUT2D eigenvalue weighted by Crippen LogP contribution is 2.11. The molecular weight excluding hydrogens is 172 g/mol. The number of pyridine rings is 1. The highest BCUT2D eigenvalue weighted by Gasteiger charge is 2.00. The van der Waals surface area contributed by atoms with Gasteiger partial charge in [-0.05, 0) is 31.9 Å². The Labute approximate surface area is 85.6 Å². The normalized spacial score (nSPS) is 9.79. The summed E-state index contributed by atoms with van der Waals surface area (Å²) in [6.45, 7) is 10.2. The second kappa shape index (κ2) is 4.27. The van der Waals surface area contributed by atoms with Crippen molar-refractivity contribution in [2.45, 2.75) is 34.6 Å². The number of imidazole rings is 1. The molecule has 0 N–H and O–H groups in total. The van der Waals surface area contributed by atoms with Gasteiger partial charge in [-0.15, -0.1) is 0 Å². The molecule has 0 atom stereocenters. The molecule has 0 amide bonds. The van der Waals surface area contributed by atoms with E-state index >= 15 is 0 Å². The zero-order valence-corrected chi connectivity index (χ0v) is 9.63. The molecule has 14 heavy (non-hydrogen) atoms. The molecule has 0 aromatic carbocycles. The molecule has 0 spiro atoms. The third-order valence-corrected chi connectivity index (χ3v) is 1.99. The van der Waals surface area contributed by atoms with E-state index in [1.165, 1.54) is 11.1 Å². The van der Waals surface area contributed by atoms with Gasteiger partial charge in [-0.2, -0.15) is 0 Å². The summed E-state index contributed by atoms with van der Waals surface area (Å²) in [7, 11) is 0. The van der Waals surface area contributed by atoms with Crippen LogP contribution in [0.1, 0.15) is 30.7 Å². The molecule has 2 heteroatoms. The fraction of sp³-hybridized carbons (Fsp3) is 0.417. The Hall–Kier alpha value is -1.31. The summed E-state index contributed by atoms with van der Waals surface area (Å²) in [5.41, 5.74) is 4.65. The van der Waals surface area contributed by atoms with Crippen LogP contribution in [0.5, 0.6) is 0 Å². The van der Waals surface area contributed by atoms with Crippen molar-refractivity contribution < 1.29 is 0 Å². The van der Waals surface area contributed by atoms with Gasteiger partial charge in [-0.1, -0.05) is 19.9 Å². The lowest BCUT2D eigenvalue weighted by atomic mass is 10.2. The van der Waals surface area contributed by atoms with E-state index in [2.05, 4.69) is 41.7 Å². The van der Waals surface area contributed by atoms with Crippen molar-refractivity contribution in [2.75, 3.05) is 0 Å². The molecule has 2 aromatic rings. The van der Waals surface area contributed by atoms with Crippen LogP contribution in [0.15, 0.2) is 18.5 Å². The minimum absolute atomic E-state index is 1.07. The lowest BCUT2D eigenvalue weighted by Crippen LogP contribution is -1.88. The summed E-state index contributed by atoms with van der Waals surface area (Å²) in [6.07, 6.45) is 4.15. The Morgan fingerprint density at radius 1 is 1.07 bits per heavy atom. The second-order valence-electron chi connectivity index (χ2n) is 3.31. The molecule has 0 saturated carbocycles. The first kappa shape index (κ1) is 10.8. The summed E-state index contributed by atoms with van der Waals surface area (Å²) >= 11 is 0. The van der Waals surface area contributed by atoms with Crippen molar-refractivity contribution >= 4 is 5.65 Å². The van der Waals surface area contributed by atoms with Crippen molar-refractivity contribution in [1.29, 1.82) is 0 Å². The summed E-state index contributed by atoms with van der Waals surface area (Å²) in [5, 5.41) is 0. The molecule has 2 nitrogen and oxygen atoms in total. The van der Waals surface area contributed by atoms with Gasteiger partial charge in [-0.25, -0.2) is 4.98 Å². The monoisotopic (exact) mass is 190 g/mol. The number of hydrogen-bond acceptors (Lipinski definition) is 1. The maximum atomic E-state index is 4.42. The van der Waals surface area contributed by atoms with Crippen LogP contribution >= 0.6 is 0 Å². The molecule has 0 saturated heterocycles. The average Bonchev–Trinajstić information content (AvgIpc) is 2.49. The predicted molar refractivity (Wildman–Crippen MR) is 60.8 cm³/mol. The first-order chi connectivity index (χ1) is 6.66. The van der Waals surface area contributed by atoms with Crippen molar-refractivity contribution in [3.05, 3.63) is 35.3 Å². The Morgan fingerprint density at radius 3 is 2.36 bits per heavy atom. The zero-order valence-electron chi connectivity index (χ0n) is 9.63. The van der Waals surface area contributed by atoms with E-state index in [0.29, 0.717) is 0 Å². The van der Waals surface area contributed by atoms with Gasteiger partial charge >= 0.3 is 0 Å². The largest absolute Gasteiger partial charge is 0.306 e. The third kappa shape index (κ3) is 1.95. The van der Waals surface area contributed by atoms with Crippen LogP contribution in [-0.2, 0) is 0 Å². The molecule has 0 fully saturated rings. The van der Waals surface area contributed by atoms with Crippen LogP contribution in [0.3, 0.4) is 0 Å². The molecular formula is C12H18N2. The van der Waals surface area contributed by atoms with Crippen LogP contribution in [0, 0.1) is 20.8 Å².